The first-order valence-electron chi connectivity index (χ1n) is 16.9. The van der Waals surface area contributed by atoms with Gasteiger partial charge in [0.2, 0.25) is 0 Å². The van der Waals surface area contributed by atoms with Crippen LogP contribution in [-0.2, 0) is 0 Å². The van der Waals surface area contributed by atoms with E-state index in [4.69, 9.17) is 0 Å². The van der Waals surface area contributed by atoms with E-state index in [2.05, 4.69) is 87.7 Å². The molecular formula is C46H27N5. The normalized spacial score (nSPS) is 12.7. The highest BCUT2D eigenvalue weighted by Crippen LogP contribution is 2.40. The Kier molecular flexibility index (Phi) is 7.00. The van der Waals surface area contributed by atoms with Gasteiger partial charge in [0.15, 0.2) is 0 Å². The summed E-state index contributed by atoms with van der Waals surface area (Å²) in [6, 6.07) is 49.7. The lowest BCUT2D eigenvalue weighted by molar-refractivity contribution is 0.873. The van der Waals surface area contributed by atoms with Crippen LogP contribution in [0.5, 0.6) is 0 Å². The molecule has 0 saturated carbocycles. The Morgan fingerprint density at radius 2 is 1.16 bits per heavy atom. The molecule has 2 aromatic heterocycles. The Morgan fingerprint density at radius 1 is 0.529 bits per heavy atom. The Balaban J connectivity index is 1.24. The number of nitriles is 3. The van der Waals surface area contributed by atoms with E-state index in [-0.39, 0.29) is 0 Å². The van der Waals surface area contributed by atoms with E-state index < -0.39 is 0 Å². The van der Waals surface area contributed by atoms with Crippen molar-refractivity contribution >= 4 is 54.9 Å². The molecule has 9 rings (SSSR count). The number of allylic oxidation sites excluding steroid dienone is 2. The highest BCUT2D eigenvalue weighted by atomic mass is 15.0. The summed E-state index contributed by atoms with van der Waals surface area (Å²) in [6.07, 6.45) is 2.52. The van der Waals surface area contributed by atoms with Crippen LogP contribution in [0.3, 0.4) is 0 Å². The van der Waals surface area contributed by atoms with Gasteiger partial charge in [0, 0.05) is 39.2 Å². The lowest BCUT2D eigenvalue weighted by atomic mass is 9.92. The average Bonchev–Trinajstić information content (AvgIpc) is 3.57. The van der Waals surface area contributed by atoms with E-state index in [9.17, 15) is 15.8 Å². The lowest BCUT2D eigenvalue weighted by Crippen LogP contribution is -2.02. The minimum absolute atomic E-state index is 0.336. The first-order chi connectivity index (χ1) is 25.2. The second-order valence-corrected chi connectivity index (χ2v) is 12.7. The Morgan fingerprint density at radius 3 is 1.84 bits per heavy atom. The summed E-state index contributed by atoms with van der Waals surface area (Å²) in [5, 5.41) is 35.2. The molecule has 6 aromatic carbocycles. The molecule has 1 aliphatic carbocycles. The van der Waals surface area contributed by atoms with E-state index in [0.29, 0.717) is 27.9 Å². The number of nitrogens with zero attached hydrogens (tertiary/aromatic N) is 5. The van der Waals surface area contributed by atoms with E-state index in [1.165, 1.54) is 0 Å². The second-order valence-electron chi connectivity index (χ2n) is 12.7. The quantitative estimate of drug-likeness (QED) is 0.178. The predicted octanol–water partition coefficient (Wildman–Crippen LogP) is 10.7. The smallest absolute Gasteiger partial charge is 0.103 e. The number of para-hydroxylation sites is 3. The molecule has 0 unspecified atom stereocenters. The van der Waals surface area contributed by atoms with E-state index in [1.807, 2.05) is 78.9 Å². The molecule has 0 atom stereocenters. The van der Waals surface area contributed by atoms with Crippen LogP contribution in [0.15, 0.2) is 127 Å². The summed E-state index contributed by atoms with van der Waals surface area (Å²) in [7, 11) is 0. The van der Waals surface area contributed by atoms with Gasteiger partial charge in [0.25, 0.3) is 0 Å². The first-order valence-corrected chi connectivity index (χ1v) is 16.9. The molecule has 0 radical (unpaired) electrons. The zero-order valence-electron chi connectivity index (χ0n) is 27.5. The van der Waals surface area contributed by atoms with Gasteiger partial charge in [0.05, 0.1) is 56.1 Å². The number of rotatable bonds is 4. The van der Waals surface area contributed by atoms with Crippen molar-refractivity contribution in [3.05, 3.63) is 150 Å². The first kappa shape index (κ1) is 29.8. The fourth-order valence-corrected chi connectivity index (χ4v) is 7.76. The molecule has 0 amide bonds. The molecule has 0 bridgehead atoms. The fraction of sp³-hybridized carbons (Fsp3) is 0.0652. The Bertz CT molecular complexity index is 2940. The molecule has 8 aromatic rings. The van der Waals surface area contributed by atoms with Crippen LogP contribution in [0.25, 0.3) is 71.7 Å². The number of aromatic nitrogens is 2. The van der Waals surface area contributed by atoms with Crippen LogP contribution in [0.1, 0.15) is 41.5 Å². The molecule has 0 aliphatic heterocycles. The Hall–Kier alpha value is -7.31. The number of benzene rings is 6. The largest absolute Gasteiger partial charge is 0.312 e. The Labute approximate surface area is 294 Å². The highest BCUT2D eigenvalue weighted by molar-refractivity contribution is 6.13. The number of fused-ring (bicyclic) bond motifs is 6. The van der Waals surface area contributed by atoms with Gasteiger partial charge in [-0.2, -0.15) is 15.8 Å². The third-order valence-electron chi connectivity index (χ3n) is 9.98. The van der Waals surface area contributed by atoms with Gasteiger partial charge < -0.3 is 9.13 Å². The number of hydrogen-bond acceptors (Lipinski definition) is 3. The van der Waals surface area contributed by atoms with Gasteiger partial charge in [-0.1, -0.05) is 90.7 Å². The molecule has 5 nitrogen and oxygen atoms in total. The van der Waals surface area contributed by atoms with Crippen molar-refractivity contribution in [1.82, 2.24) is 9.13 Å². The van der Waals surface area contributed by atoms with Crippen LogP contribution in [-0.4, -0.2) is 9.13 Å². The zero-order chi connectivity index (χ0) is 34.5. The third-order valence-corrected chi connectivity index (χ3v) is 9.98. The van der Waals surface area contributed by atoms with Crippen molar-refractivity contribution < 1.29 is 0 Å². The van der Waals surface area contributed by atoms with Crippen LogP contribution in [0.2, 0.25) is 0 Å². The van der Waals surface area contributed by atoms with Crippen LogP contribution >= 0.6 is 0 Å². The van der Waals surface area contributed by atoms with Crippen molar-refractivity contribution in [2.45, 2.75) is 19.3 Å². The van der Waals surface area contributed by atoms with Gasteiger partial charge in [-0.3, -0.25) is 0 Å². The summed E-state index contributed by atoms with van der Waals surface area (Å²) in [4.78, 5) is 0. The minimum atomic E-state index is 0.336. The standard InChI is InChI=1S/C46H27N5/c47-27-30-21-23-45-38(25-30)37-16-6-9-20-44(37)50(45)41-17-3-1-2-13-34(41)32-12-10-11-31(26-32)33-22-24-46(40(29-49)39(33)28-48)51-42-18-7-4-14-35(42)36-15-5-8-19-43(36)51/h4-12,14-16,18-26H,1,3,17H2. The molecule has 0 spiro atoms. The monoisotopic (exact) mass is 649 g/mol. The maximum atomic E-state index is 10.6. The van der Waals surface area contributed by atoms with Gasteiger partial charge in [-0.25, -0.2) is 0 Å². The summed E-state index contributed by atoms with van der Waals surface area (Å²) in [5.74, 6) is 6.91. The van der Waals surface area contributed by atoms with Crippen molar-refractivity contribution in [3.8, 4) is 46.9 Å². The maximum absolute atomic E-state index is 10.6. The van der Waals surface area contributed by atoms with E-state index in [1.54, 1.807) is 0 Å². The van der Waals surface area contributed by atoms with Gasteiger partial charge in [-0.15, -0.1) is 0 Å². The van der Waals surface area contributed by atoms with Crippen molar-refractivity contribution in [2.75, 3.05) is 0 Å². The molecule has 0 fully saturated rings. The summed E-state index contributed by atoms with van der Waals surface area (Å²) in [6.45, 7) is 0. The zero-order valence-corrected chi connectivity index (χ0v) is 27.5. The van der Waals surface area contributed by atoms with Crippen molar-refractivity contribution in [1.29, 1.82) is 15.8 Å². The summed E-state index contributed by atoms with van der Waals surface area (Å²) >= 11 is 0. The molecule has 1 aliphatic rings. The van der Waals surface area contributed by atoms with Crippen LogP contribution < -0.4 is 0 Å². The van der Waals surface area contributed by atoms with Crippen LogP contribution in [0.4, 0.5) is 0 Å². The van der Waals surface area contributed by atoms with Crippen LogP contribution in [0, 0.1) is 45.8 Å². The fourth-order valence-electron chi connectivity index (χ4n) is 7.76. The molecule has 51 heavy (non-hydrogen) atoms. The summed E-state index contributed by atoms with van der Waals surface area (Å²) in [5.41, 5.74) is 10.6. The topological polar surface area (TPSA) is 81.2 Å². The summed E-state index contributed by atoms with van der Waals surface area (Å²) < 4.78 is 4.40. The molecule has 0 saturated heterocycles. The van der Waals surface area contributed by atoms with Crippen molar-refractivity contribution in [2.24, 2.45) is 0 Å². The second kappa shape index (κ2) is 12.0. The molecule has 2 heterocycles. The van der Waals surface area contributed by atoms with E-state index >= 15 is 0 Å². The van der Waals surface area contributed by atoms with Gasteiger partial charge >= 0.3 is 0 Å². The average molecular weight is 650 g/mol. The van der Waals surface area contributed by atoms with Crippen molar-refractivity contribution in [3.63, 3.8) is 0 Å². The minimum Gasteiger partial charge on any atom is -0.312 e. The SMILES string of the molecule is N#Cc1ccc2c(c1)c1ccccc1n2C1=C(c2cccc(-c3ccc(-n4c5ccccc5c5ccccc54)c(C#N)c3C#N)c2)C#CCCC1. The number of hydrogen-bond donors (Lipinski definition) is 0. The predicted molar refractivity (Wildman–Crippen MR) is 205 cm³/mol. The molecule has 5 heteroatoms. The molecule has 236 valence electrons. The van der Waals surface area contributed by atoms with Gasteiger partial charge in [0.1, 0.15) is 12.1 Å². The third kappa shape index (κ3) is 4.62. The molecular weight excluding hydrogens is 623 g/mol. The van der Waals surface area contributed by atoms with Gasteiger partial charge in [-0.05, 0) is 72.5 Å². The highest BCUT2D eigenvalue weighted by Gasteiger charge is 2.22. The lowest BCUT2D eigenvalue weighted by Gasteiger charge is -2.17. The van der Waals surface area contributed by atoms with E-state index in [0.717, 1.165) is 85.3 Å². The molecule has 0 N–H and O–H groups in total. The maximum Gasteiger partial charge on any atom is 0.103 e.